The molecule has 1 N–H and O–H groups in total. The maximum absolute atomic E-state index is 6.30. The van der Waals surface area contributed by atoms with Gasteiger partial charge in [0.25, 0.3) is 0 Å². The molecule has 0 fully saturated rings. The van der Waals surface area contributed by atoms with Crippen LogP contribution in [-0.4, -0.2) is 26.1 Å². The van der Waals surface area contributed by atoms with E-state index in [1.54, 1.807) is 24.6 Å². The van der Waals surface area contributed by atoms with Crippen LogP contribution in [0.15, 0.2) is 52.2 Å². The van der Waals surface area contributed by atoms with Crippen molar-refractivity contribution in [3.8, 4) is 11.6 Å². The van der Waals surface area contributed by atoms with Gasteiger partial charge in [0.15, 0.2) is 5.76 Å². The van der Waals surface area contributed by atoms with Crippen molar-refractivity contribution in [2.75, 3.05) is 0 Å². The van der Waals surface area contributed by atoms with Gasteiger partial charge in [0.1, 0.15) is 5.15 Å². The minimum absolute atomic E-state index is 0.350. The van der Waals surface area contributed by atoms with Gasteiger partial charge in [-0.1, -0.05) is 23.7 Å². The first-order chi connectivity index (χ1) is 12.1. The highest BCUT2D eigenvalue weighted by Gasteiger charge is 2.11. The maximum Gasteiger partial charge on any atom is 0.219 e. The molecule has 0 aliphatic carbocycles. The molecule has 0 saturated heterocycles. The summed E-state index contributed by atoms with van der Waals surface area (Å²) in [6, 6.07) is 11.5. The second-order valence-electron chi connectivity index (χ2n) is 5.45. The molecule has 3 heterocycles. The Morgan fingerprint density at radius 3 is 3.00 bits per heavy atom. The largest absolute Gasteiger partial charge is 0.461 e. The molecule has 0 aliphatic rings. The Kier molecular flexibility index (Phi) is 3.95. The van der Waals surface area contributed by atoms with Crippen LogP contribution in [0, 0.1) is 11.7 Å². The maximum atomic E-state index is 6.30. The van der Waals surface area contributed by atoms with Crippen molar-refractivity contribution in [3.63, 3.8) is 0 Å². The number of aromatic amines is 1. The fraction of sp³-hybridized carbons (Fsp3) is 0.0588. The monoisotopic (exact) mass is 369 g/mol. The van der Waals surface area contributed by atoms with Crippen molar-refractivity contribution >= 4 is 40.9 Å². The van der Waals surface area contributed by atoms with Crippen molar-refractivity contribution in [3.05, 3.63) is 63.7 Å². The van der Waals surface area contributed by atoms with Gasteiger partial charge in [-0.25, -0.2) is 10.1 Å². The molecule has 3 aromatic heterocycles. The Hall–Kier alpha value is -2.77. The molecule has 0 saturated carbocycles. The number of nitrogens with one attached hydrogen (secondary N) is 1. The lowest BCUT2D eigenvalue weighted by atomic mass is 10.1. The van der Waals surface area contributed by atoms with Crippen LogP contribution in [0.4, 0.5) is 0 Å². The van der Waals surface area contributed by atoms with Crippen LogP contribution in [-0.2, 0) is 0 Å². The van der Waals surface area contributed by atoms with E-state index in [4.69, 9.17) is 28.2 Å². The van der Waals surface area contributed by atoms with Gasteiger partial charge in [-0.2, -0.15) is 9.78 Å². The average Bonchev–Trinajstić information content (AvgIpc) is 3.23. The number of hydrogen-bond acceptors (Lipinski definition) is 5. The summed E-state index contributed by atoms with van der Waals surface area (Å²) < 4.78 is 7.18. The molecule has 8 heteroatoms. The third-order valence-electron chi connectivity index (χ3n) is 3.66. The summed E-state index contributed by atoms with van der Waals surface area (Å²) in [5.74, 6) is 1.04. The Bertz CT molecular complexity index is 1140. The molecule has 0 radical (unpaired) electrons. The van der Waals surface area contributed by atoms with Crippen LogP contribution < -0.4 is 0 Å². The molecule has 0 aliphatic heterocycles. The van der Waals surface area contributed by atoms with Crippen molar-refractivity contribution in [2.24, 2.45) is 5.10 Å². The van der Waals surface area contributed by atoms with Crippen molar-refractivity contribution < 1.29 is 4.42 Å². The van der Waals surface area contributed by atoms with Gasteiger partial charge >= 0.3 is 0 Å². The highest BCUT2D eigenvalue weighted by molar-refractivity contribution is 7.71. The van der Waals surface area contributed by atoms with E-state index in [9.17, 15) is 0 Å². The summed E-state index contributed by atoms with van der Waals surface area (Å²) in [5, 5.41) is 12.6. The van der Waals surface area contributed by atoms with E-state index >= 15 is 0 Å². The molecule has 0 spiro atoms. The summed E-state index contributed by atoms with van der Waals surface area (Å²) in [6.07, 6.45) is 3.17. The van der Waals surface area contributed by atoms with E-state index in [0.29, 0.717) is 27.1 Å². The smallest absolute Gasteiger partial charge is 0.219 e. The third kappa shape index (κ3) is 2.99. The summed E-state index contributed by atoms with van der Waals surface area (Å²) in [6.45, 7) is 2.02. The Morgan fingerprint density at radius 2 is 2.20 bits per heavy atom. The number of benzene rings is 1. The number of pyridine rings is 1. The minimum atomic E-state index is 0.350. The zero-order chi connectivity index (χ0) is 17.4. The summed E-state index contributed by atoms with van der Waals surface area (Å²) in [7, 11) is 0. The van der Waals surface area contributed by atoms with Gasteiger partial charge in [0.05, 0.1) is 18.0 Å². The van der Waals surface area contributed by atoms with Crippen LogP contribution in [0.2, 0.25) is 5.15 Å². The first kappa shape index (κ1) is 15.7. The van der Waals surface area contributed by atoms with Gasteiger partial charge in [0, 0.05) is 10.9 Å². The molecule has 4 rings (SSSR count). The number of H-pyrrole nitrogens is 1. The van der Waals surface area contributed by atoms with E-state index in [-0.39, 0.29) is 0 Å². The SMILES string of the molecule is Cc1ccc2cc(/C=N\n3c(-c4ccco4)n[nH]c3=S)c(Cl)nc2c1. The molecule has 0 bridgehead atoms. The lowest BCUT2D eigenvalue weighted by molar-refractivity contribution is 0.573. The lowest BCUT2D eigenvalue weighted by Gasteiger charge is -2.03. The number of furan rings is 1. The Morgan fingerprint density at radius 1 is 1.32 bits per heavy atom. The first-order valence-corrected chi connectivity index (χ1v) is 8.23. The molecule has 1 aromatic carbocycles. The highest BCUT2D eigenvalue weighted by atomic mass is 35.5. The van der Waals surface area contributed by atoms with Crippen LogP contribution in [0.25, 0.3) is 22.5 Å². The molecule has 4 aromatic rings. The number of halogens is 1. The highest BCUT2D eigenvalue weighted by Crippen LogP contribution is 2.21. The number of rotatable bonds is 3. The quantitative estimate of drug-likeness (QED) is 0.325. The summed E-state index contributed by atoms with van der Waals surface area (Å²) in [4.78, 5) is 4.43. The standard InChI is InChI=1S/C17H12ClN5OS/c1-10-4-5-11-8-12(15(18)20-13(11)7-10)9-19-23-16(21-22-17(23)25)14-3-2-6-24-14/h2-9H,1H3,(H,22,25)/b19-9-. The van der Waals surface area contributed by atoms with Crippen LogP contribution in [0.1, 0.15) is 11.1 Å². The Balaban J connectivity index is 1.77. The molecule has 6 nitrogen and oxygen atoms in total. The van der Waals surface area contributed by atoms with Crippen molar-refractivity contribution in [1.82, 2.24) is 19.9 Å². The normalized spacial score (nSPS) is 11.6. The lowest BCUT2D eigenvalue weighted by Crippen LogP contribution is -1.96. The van der Waals surface area contributed by atoms with Gasteiger partial charge in [-0.3, -0.25) is 0 Å². The van der Waals surface area contributed by atoms with Gasteiger partial charge < -0.3 is 4.42 Å². The van der Waals surface area contributed by atoms with Gasteiger partial charge in [-0.05, 0) is 49.0 Å². The van der Waals surface area contributed by atoms with E-state index in [1.165, 1.54) is 4.68 Å². The van der Waals surface area contributed by atoms with Crippen LogP contribution in [0.3, 0.4) is 0 Å². The molecule has 124 valence electrons. The molecule has 0 atom stereocenters. The van der Waals surface area contributed by atoms with Crippen molar-refractivity contribution in [1.29, 1.82) is 0 Å². The van der Waals surface area contributed by atoms with E-state index in [0.717, 1.165) is 16.5 Å². The van der Waals surface area contributed by atoms with Gasteiger partial charge in [-0.15, -0.1) is 5.10 Å². The average molecular weight is 370 g/mol. The number of aromatic nitrogens is 4. The second kappa shape index (κ2) is 6.27. The zero-order valence-electron chi connectivity index (χ0n) is 13.1. The van der Waals surface area contributed by atoms with E-state index in [2.05, 4.69) is 20.3 Å². The molecular weight excluding hydrogens is 358 g/mol. The Labute approximate surface area is 152 Å². The fourth-order valence-corrected chi connectivity index (χ4v) is 2.82. The first-order valence-electron chi connectivity index (χ1n) is 7.44. The van der Waals surface area contributed by atoms with Crippen LogP contribution >= 0.6 is 23.8 Å². The predicted molar refractivity (Wildman–Crippen MR) is 99.6 cm³/mol. The number of nitrogens with zero attached hydrogens (tertiary/aromatic N) is 4. The summed E-state index contributed by atoms with van der Waals surface area (Å²) >= 11 is 11.5. The fourth-order valence-electron chi connectivity index (χ4n) is 2.44. The van der Waals surface area contributed by atoms with Gasteiger partial charge in [0.2, 0.25) is 10.6 Å². The van der Waals surface area contributed by atoms with E-state index < -0.39 is 0 Å². The predicted octanol–water partition coefficient (Wildman–Crippen LogP) is 4.59. The molecule has 0 unspecified atom stereocenters. The molecular formula is C17H12ClN5OS. The molecule has 25 heavy (non-hydrogen) atoms. The number of hydrogen-bond donors (Lipinski definition) is 1. The van der Waals surface area contributed by atoms with Crippen molar-refractivity contribution in [2.45, 2.75) is 6.92 Å². The third-order valence-corrected chi connectivity index (χ3v) is 4.23. The zero-order valence-corrected chi connectivity index (χ0v) is 14.7. The number of aryl methyl sites for hydroxylation is 1. The topological polar surface area (TPSA) is 72.0 Å². The van der Waals surface area contributed by atoms with E-state index in [1.807, 2.05) is 31.2 Å². The molecule has 0 amide bonds. The minimum Gasteiger partial charge on any atom is -0.461 e. The van der Waals surface area contributed by atoms with Crippen LogP contribution in [0.5, 0.6) is 0 Å². The summed E-state index contributed by atoms with van der Waals surface area (Å²) in [5.41, 5.74) is 2.66. The number of fused-ring (bicyclic) bond motifs is 1. The second-order valence-corrected chi connectivity index (χ2v) is 6.20.